The van der Waals surface area contributed by atoms with Gasteiger partial charge < -0.3 is 10.0 Å². The Bertz CT molecular complexity index is 760. The van der Waals surface area contributed by atoms with Crippen LogP contribution in [0.15, 0.2) is 24.3 Å². The first-order valence-electron chi connectivity index (χ1n) is 7.54. The molecule has 1 atom stereocenters. The normalized spacial score (nSPS) is 12.0. The maximum Gasteiger partial charge on any atom is 0.308 e. The Kier molecular flexibility index (Phi) is 5.28. The van der Waals surface area contributed by atoms with Gasteiger partial charge in [-0.3, -0.25) is 9.59 Å². The van der Waals surface area contributed by atoms with Crippen molar-refractivity contribution in [1.82, 2.24) is 19.7 Å². The highest BCUT2D eigenvalue weighted by Gasteiger charge is 2.23. The maximum absolute atomic E-state index is 14.0. The van der Waals surface area contributed by atoms with Gasteiger partial charge in [-0.25, -0.2) is 14.1 Å². The van der Waals surface area contributed by atoms with E-state index in [1.807, 2.05) is 6.92 Å². The number of carboxylic acids is 1. The van der Waals surface area contributed by atoms with Crippen LogP contribution in [-0.4, -0.2) is 50.2 Å². The molecule has 2 rings (SSSR count). The number of carbonyl (C=O) groups excluding carboxylic acids is 1. The summed E-state index contributed by atoms with van der Waals surface area (Å²) < 4.78 is 15.3. The van der Waals surface area contributed by atoms with Crippen LogP contribution in [-0.2, 0) is 11.2 Å². The average molecular weight is 334 g/mol. The molecule has 0 spiro atoms. The minimum absolute atomic E-state index is 0.0316. The SMILES string of the molecule is CCc1nc(C(=O)N(C)CC(C)C(=O)O)nn1-c1ccccc1F. The van der Waals surface area contributed by atoms with Gasteiger partial charge in [0.2, 0.25) is 5.82 Å². The van der Waals surface area contributed by atoms with E-state index in [0.717, 1.165) is 0 Å². The van der Waals surface area contributed by atoms with Crippen LogP contribution in [0.4, 0.5) is 4.39 Å². The molecule has 0 radical (unpaired) electrons. The summed E-state index contributed by atoms with van der Waals surface area (Å²) in [7, 11) is 1.48. The van der Waals surface area contributed by atoms with E-state index in [1.54, 1.807) is 18.2 Å². The van der Waals surface area contributed by atoms with Gasteiger partial charge in [-0.05, 0) is 12.1 Å². The first kappa shape index (κ1) is 17.6. The summed E-state index contributed by atoms with van der Waals surface area (Å²) in [6, 6.07) is 6.09. The molecule has 24 heavy (non-hydrogen) atoms. The molecule has 1 aromatic carbocycles. The predicted molar refractivity (Wildman–Crippen MR) is 84.5 cm³/mol. The Morgan fingerprint density at radius 1 is 1.38 bits per heavy atom. The number of aromatic nitrogens is 3. The third kappa shape index (κ3) is 3.58. The van der Waals surface area contributed by atoms with Gasteiger partial charge in [0.05, 0.1) is 5.92 Å². The summed E-state index contributed by atoms with van der Waals surface area (Å²) in [5.74, 6) is -2.32. The lowest BCUT2D eigenvalue weighted by Gasteiger charge is -2.17. The third-order valence-electron chi connectivity index (χ3n) is 3.58. The van der Waals surface area contributed by atoms with E-state index in [4.69, 9.17) is 5.11 Å². The summed E-state index contributed by atoms with van der Waals surface area (Å²) in [4.78, 5) is 28.7. The number of hydrogen-bond donors (Lipinski definition) is 1. The molecule has 1 heterocycles. The molecule has 1 aromatic heterocycles. The Balaban J connectivity index is 2.31. The zero-order valence-corrected chi connectivity index (χ0v) is 13.7. The summed E-state index contributed by atoms with van der Waals surface area (Å²) in [6.45, 7) is 3.37. The maximum atomic E-state index is 14.0. The van der Waals surface area contributed by atoms with Gasteiger partial charge in [0.15, 0.2) is 0 Å². The molecule has 1 N–H and O–H groups in total. The number of carboxylic acid groups (broad SMARTS) is 1. The highest BCUT2D eigenvalue weighted by atomic mass is 19.1. The second-order valence-corrected chi connectivity index (χ2v) is 5.49. The van der Waals surface area contributed by atoms with Crippen molar-refractivity contribution >= 4 is 11.9 Å². The van der Waals surface area contributed by atoms with Gasteiger partial charge in [0, 0.05) is 20.0 Å². The fourth-order valence-corrected chi connectivity index (χ4v) is 2.22. The number of halogens is 1. The van der Waals surface area contributed by atoms with Gasteiger partial charge in [0.25, 0.3) is 5.91 Å². The van der Waals surface area contributed by atoms with Crippen molar-refractivity contribution in [3.63, 3.8) is 0 Å². The Hall–Kier alpha value is -2.77. The predicted octanol–water partition coefficient (Wildman–Crippen LogP) is 1.76. The molecule has 0 aliphatic heterocycles. The molecular weight excluding hydrogens is 315 g/mol. The monoisotopic (exact) mass is 334 g/mol. The minimum Gasteiger partial charge on any atom is -0.481 e. The number of hydrogen-bond acceptors (Lipinski definition) is 4. The van der Waals surface area contributed by atoms with E-state index in [9.17, 15) is 14.0 Å². The van der Waals surface area contributed by atoms with E-state index in [2.05, 4.69) is 10.1 Å². The fraction of sp³-hybridized carbons (Fsp3) is 0.375. The molecule has 8 heteroatoms. The Labute approximate surface area is 138 Å². The van der Waals surface area contributed by atoms with Crippen LogP contribution < -0.4 is 0 Å². The average Bonchev–Trinajstić information content (AvgIpc) is 2.98. The lowest BCUT2D eigenvalue weighted by molar-refractivity contribution is -0.141. The lowest BCUT2D eigenvalue weighted by Crippen LogP contribution is -2.34. The molecule has 2 aromatic rings. The van der Waals surface area contributed by atoms with Gasteiger partial charge in [-0.1, -0.05) is 26.0 Å². The van der Waals surface area contributed by atoms with Crippen LogP contribution >= 0.6 is 0 Å². The number of amides is 1. The molecule has 1 unspecified atom stereocenters. The van der Waals surface area contributed by atoms with Crippen molar-refractivity contribution in [2.75, 3.05) is 13.6 Å². The number of nitrogens with zero attached hydrogens (tertiary/aromatic N) is 4. The van der Waals surface area contributed by atoms with Crippen molar-refractivity contribution in [3.05, 3.63) is 41.7 Å². The van der Waals surface area contributed by atoms with E-state index >= 15 is 0 Å². The third-order valence-corrected chi connectivity index (χ3v) is 3.58. The molecule has 0 fully saturated rings. The van der Waals surface area contributed by atoms with E-state index in [-0.39, 0.29) is 18.1 Å². The smallest absolute Gasteiger partial charge is 0.308 e. The van der Waals surface area contributed by atoms with E-state index in [0.29, 0.717) is 12.2 Å². The van der Waals surface area contributed by atoms with Crippen molar-refractivity contribution in [2.24, 2.45) is 5.92 Å². The molecule has 0 aliphatic rings. The van der Waals surface area contributed by atoms with Crippen LogP contribution in [0.3, 0.4) is 0 Å². The molecule has 7 nitrogen and oxygen atoms in total. The van der Waals surface area contributed by atoms with Crippen molar-refractivity contribution in [3.8, 4) is 5.69 Å². The van der Waals surface area contributed by atoms with Crippen LogP contribution in [0.1, 0.15) is 30.3 Å². The van der Waals surface area contributed by atoms with Crippen LogP contribution in [0.2, 0.25) is 0 Å². The molecule has 0 saturated carbocycles. The summed E-state index contributed by atoms with van der Waals surface area (Å²) in [6.07, 6.45) is 0.462. The van der Waals surface area contributed by atoms with Crippen LogP contribution in [0.5, 0.6) is 0 Å². The molecule has 0 bridgehead atoms. The fourth-order valence-electron chi connectivity index (χ4n) is 2.22. The summed E-state index contributed by atoms with van der Waals surface area (Å²) >= 11 is 0. The van der Waals surface area contributed by atoms with Gasteiger partial charge in [0.1, 0.15) is 17.3 Å². The highest BCUT2D eigenvalue weighted by molar-refractivity contribution is 5.90. The Morgan fingerprint density at radius 3 is 2.62 bits per heavy atom. The molecule has 128 valence electrons. The topological polar surface area (TPSA) is 88.3 Å². The number of benzene rings is 1. The van der Waals surface area contributed by atoms with Crippen LogP contribution in [0, 0.1) is 11.7 Å². The van der Waals surface area contributed by atoms with Crippen LogP contribution in [0.25, 0.3) is 5.69 Å². The molecule has 0 aliphatic carbocycles. The van der Waals surface area contributed by atoms with Gasteiger partial charge in [-0.15, -0.1) is 5.10 Å². The molecular formula is C16H19FN4O3. The van der Waals surface area contributed by atoms with Crippen molar-refractivity contribution < 1.29 is 19.1 Å². The number of aryl methyl sites for hydroxylation is 1. The number of carbonyl (C=O) groups is 2. The number of aliphatic carboxylic acids is 1. The lowest BCUT2D eigenvalue weighted by atomic mass is 10.2. The van der Waals surface area contributed by atoms with Gasteiger partial charge >= 0.3 is 5.97 Å². The van der Waals surface area contributed by atoms with Crippen molar-refractivity contribution in [1.29, 1.82) is 0 Å². The van der Waals surface area contributed by atoms with E-state index in [1.165, 1.54) is 29.6 Å². The highest BCUT2D eigenvalue weighted by Crippen LogP contribution is 2.15. The zero-order chi connectivity index (χ0) is 17.9. The first-order chi connectivity index (χ1) is 11.3. The summed E-state index contributed by atoms with van der Waals surface area (Å²) in [5.41, 5.74) is 0.211. The standard InChI is InChI=1S/C16H19FN4O3/c1-4-13-18-14(15(22)20(3)9-10(2)16(23)24)19-21(13)12-8-6-5-7-11(12)17/h5-8,10H,4,9H2,1-3H3,(H,23,24). The quantitative estimate of drug-likeness (QED) is 0.869. The minimum atomic E-state index is -0.992. The summed E-state index contributed by atoms with van der Waals surface area (Å²) in [5, 5.41) is 13.0. The second kappa shape index (κ2) is 7.20. The Morgan fingerprint density at radius 2 is 2.04 bits per heavy atom. The molecule has 1 amide bonds. The number of para-hydroxylation sites is 1. The number of rotatable bonds is 6. The van der Waals surface area contributed by atoms with E-state index < -0.39 is 23.6 Å². The van der Waals surface area contributed by atoms with Crippen molar-refractivity contribution in [2.45, 2.75) is 20.3 Å². The largest absolute Gasteiger partial charge is 0.481 e. The first-order valence-corrected chi connectivity index (χ1v) is 7.54. The van der Waals surface area contributed by atoms with Gasteiger partial charge in [-0.2, -0.15) is 0 Å². The second-order valence-electron chi connectivity index (χ2n) is 5.49. The molecule has 0 saturated heterocycles. The zero-order valence-electron chi connectivity index (χ0n) is 13.7.